The minimum absolute atomic E-state index is 0.0346. The number of halogens is 1. The lowest BCUT2D eigenvalue weighted by Crippen LogP contribution is -2.24. The summed E-state index contributed by atoms with van der Waals surface area (Å²) in [5.74, 6) is 0. The van der Waals surface area contributed by atoms with Gasteiger partial charge in [-0.25, -0.2) is 4.79 Å². The maximum absolute atomic E-state index is 12.1. The average Bonchev–Trinajstić information content (AvgIpc) is 3.06. The fourth-order valence-electron chi connectivity index (χ4n) is 2.19. The van der Waals surface area contributed by atoms with Crippen molar-refractivity contribution in [3.8, 4) is 0 Å². The molecule has 0 atom stereocenters. The van der Waals surface area contributed by atoms with Crippen LogP contribution < -0.4 is 5.69 Å². The molecular weight excluding hydrogens is 252 g/mol. The maximum Gasteiger partial charge on any atom is 0.328 e. The predicted octanol–water partition coefficient (Wildman–Crippen LogP) is 1.73. The highest BCUT2D eigenvalue weighted by Crippen LogP contribution is 2.33. The Kier molecular flexibility index (Phi) is 2.59. The van der Waals surface area contributed by atoms with Gasteiger partial charge >= 0.3 is 5.69 Å². The van der Waals surface area contributed by atoms with Crippen LogP contribution in [0.3, 0.4) is 0 Å². The van der Waals surface area contributed by atoms with Crippen molar-refractivity contribution in [1.82, 2.24) is 18.9 Å². The van der Waals surface area contributed by atoms with Crippen molar-refractivity contribution in [2.45, 2.75) is 32.4 Å². The van der Waals surface area contributed by atoms with Gasteiger partial charge in [0.15, 0.2) is 0 Å². The fourth-order valence-corrected chi connectivity index (χ4v) is 2.41. The van der Waals surface area contributed by atoms with Crippen molar-refractivity contribution in [3.05, 3.63) is 39.3 Å². The normalized spacial score (nSPS) is 15.3. The van der Waals surface area contributed by atoms with Gasteiger partial charge in [-0.3, -0.25) is 13.8 Å². The van der Waals surface area contributed by atoms with Crippen molar-refractivity contribution in [3.63, 3.8) is 0 Å². The molecule has 0 saturated heterocycles. The average molecular weight is 267 g/mol. The molecule has 0 bridgehead atoms. The van der Waals surface area contributed by atoms with E-state index in [-0.39, 0.29) is 5.69 Å². The highest BCUT2D eigenvalue weighted by molar-refractivity contribution is 6.31. The van der Waals surface area contributed by atoms with E-state index in [0.29, 0.717) is 17.6 Å². The minimum atomic E-state index is 0.0346. The third-order valence-corrected chi connectivity index (χ3v) is 3.89. The third-order valence-electron chi connectivity index (χ3n) is 3.40. The highest BCUT2D eigenvalue weighted by Gasteiger charge is 2.25. The van der Waals surface area contributed by atoms with Gasteiger partial charge in [0, 0.05) is 25.5 Å². The Morgan fingerprint density at radius 2 is 2.17 bits per heavy atom. The Morgan fingerprint density at radius 1 is 1.44 bits per heavy atom. The number of nitrogens with zero attached hydrogens (tertiary/aromatic N) is 4. The van der Waals surface area contributed by atoms with Crippen LogP contribution in [0, 0.1) is 6.92 Å². The molecule has 1 aliphatic carbocycles. The lowest BCUT2D eigenvalue weighted by Gasteiger charge is -2.03. The zero-order chi connectivity index (χ0) is 12.9. The number of imidazole rings is 1. The lowest BCUT2D eigenvalue weighted by atomic mass is 10.3. The highest BCUT2D eigenvalue weighted by atomic mass is 35.5. The van der Waals surface area contributed by atoms with Gasteiger partial charge in [0.05, 0.1) is 23.0 Å². The fraction of sp³-hybridized carbons (Fsp3) is 0.500. The number of rotatable bonds is 3. The van der Waals surface area contributed by atoms with Crippen molar-refractivity contribution in [2.75, 3.05) is 0 Å². The molecule has 2 aromatic heterocycles. The number of aromatic nitrogens is 4. The van der Waals surface area contributed by atoms with Crippen LogP contribution in [-0.2, 0) is 13.6 Å². The topological polar surface area (TPSA) is 44.8 Å². The summed E-state index contributed by atoms with van der Waals surface area (Å²) < 4.78 is 5.22. The maximum atomic E-state index is 12.1. The first-order valence-corrected chi connectivity index (χ1v) is 6.41. The van der Waals surface area contributed by atoms with Gasteiger partial charge in [0.25, 0.3) is 0 Å². The summed E-state index contributed by atoms with van der Waals surface area (Å²) in [7, 11) is 1.84. The smallest absolute Gasteiger partial charge is 0.296 e. The van der Waals surface area contributed by atoms with Crippen molar-refractivity contribution >= 4 is 11.6 Å². The van der Waals surface area contributed by atoms with Gasteiger partial charge in [0.1, 0.15) is 0 Å². The minimum Gasteiger partial charge on any atom is -0.296 e. The van der Waals surface area contributed by atoms with E-state index in [4.69, 9.17) is 11.6 Å². The predicted molar refractivity (Wildman–Crippen MR) is 69.0 cm³/mol. The Morgan fingerprint density at radius 3 is 2.72 bits per heavy atom. The molecule has 1 aliphatic rings. The molecule has 6 heteroatoms. The van der Waals surface area contributed by atoms with Crippen LogP contribution in [-0.4, -0.2) is 18.9 Å². The molecule has 0 N–H and O–H groups in total. The van der Waals surface area contributed by atoms with Gasteiger partial charge in [-0.05, 0) is 19.8 Å². The van der Waals surface area contributed by atoms with E-state index in [9.17, 15) is 4.79 Å². The zero-order valence-corrected chi connectivity index (χ0v) is 11.2. The molecule has 3 rings (SSSR count). The molecular formula is C12H15ClN4O. The van der Waals surface area contributed by atoms with Crippen LogP contribution in [0.4, 0.5) is 0 Å². The van der Waals surface area contributed by atoms with E-state index >= 15 is 0 Å². The molecule has 0 aliphatic heterocycles. The molecule has 0 spiro atoms. The van der Waals surface area contributed by atoms with Gasteiger partial charge in [-0.15, -0.1) is 0 Å². The Labute approximate surface area is 110 Å². The second-order valence-electron chi connectivity index (χ2n) is 4.82. The molecule has 0 aromatic carbocycles. The first kappa shape index (κ1) is 11.6. The van der Waals surface area contributed by atoms with E-state index in [2.05, 4.69) is 5.10 Å². The molecule has 96 valence electrons. The standard InChI is InChI=1S/C12H15ClN4O/c1-8-11(13)10(15(2)14-8)7-16-5-6-17(12(16)18)9-3-4-9/h5-6,9H,3-4,7H2,1-2H3. The molecule has 18 heavy (non-hydrogen) atoms. The second kappa shape index (κ2) is 4.02. The molecule has 5 nitrogen and oxygen atoms in total. The Hall–Kier alpha value is -1.49. The van der Waals surface area contributed by atoms with Gasteiger partial charge < -0.3 is 0 Å². The lowest BCUT2D eigenvalue weighted by molar-refractivity contribution is 0.621. The number of hydrogen-bond acceptors (Lipinski definition) is 2. The quantitative estimate of drug-likeness (QED) is 0.849. The summed E-state index contributed by atoms with van der Waals surface area (Å²) in [6, 6.07) is 0.405. The van der Waals surface area contributed by atoms with E-state index in [1.54, 1.807) is 13.8 Å². The molecule has 1 fully saturated rings. The van der Waals surface area contributed by atoms with Crippen LogP contribution in [0.2, 0.25) is 5.02 Å². The van der Waals surface area contributed by atoms with Crippen LogP contribution in [0.5, 0.6) is 0 Å². The van der Waals surface area contributed by atoms with Crippen LogP contribution >= 0.6 is 11.6 Å². The second-order valence-corrected chi connectivity index (χ2v) is 5.19. The number of hydrogen-bond donors (Lipinski definition) is 0. The summed E-state index contributed by atoms with van der Waals surface area (Å²) in [4.78, 5) is 12.1. The van der Waals surface area contributed by atoms with Crippen LogP contribution in [0.15, 0.2) is 17.2 Å². The molecule has 1 saturated carbocycles. The Balaban J connectivity index is 1.95. The largest absolute Gasteiger partial charge is 0.328 e. The molecule has 2 heterocycles. The van der Waals surface area contributed by atoms with Crippen molar-refractivity contribution in [1.29, 1.82) is 0 Å². The Bertz CT molecular complexity index is 648. The summed E-state index contributed by atoms with van der Waals surface area (Å²) >= 11 is 6.19. The van der Waals surface area contributed by atoms with Gasteiger partial charge in [0.2, 0.25) is 0 Å². The summed E-state index contributed by atoms with van der Waals surface area (Å²) in [6.07, 6.45) is 5.89. The van der Waals surface area contributed by atoms with E-state index in [1.165, 1.54) is 0 Å². The van der Waals surface area contributed by atoms with Crippen LogP contribution in [0.1, 0.15) is 30.3 Å². The molecule has 0 radical (unpaired) electrons. The molecule has 0 unspecified atom stereocenters. The van der Waals surface area contributed by atoms with Gasteiger partial charge in [-0.1, -0.05) is 11.6 Å². The molecule has 2 aromatic rings. The monoisotopic (exact) mass is 266 g/mol. The molecule has 0 amide bonds. The summed E-state index contributed by atoms with van der Waals surface area (Å²) in [5.41, 5.74) is 1.70. The van der Waals surface area contributed by atoms with E-state index in [1.807, 2.05) is 26.4 Å². The van der Waals surface area contributed by atoms with E-state index < -0.39 is 0 Å². The zero-order valence-electron chi connectivity index (χ0n) is 10.4. The van der Waals surface area contributed by atoms with Crippen molar-refractivity contribution in [2.24, 2.45) is 7.05 Å². The number of aryl methyl sites for hydroxylation is 2. The summed E-state index contributed by atoms with van der Waals surface area (Å²) in [5, 5.41) is 4.90. The first-order valence-electron chi connectivity index (χ1n) is 6.03. The van der Waals surface area contributed by atoms with Crippen molar-refractivity contribution < 1.29 is 0 Å². The first-order chi connectivity index (χ1) is 8.58. The van der Waals surface area contributed by atoms with E-state index in [0.717, 1.165) is 24.2 Å². The third kappa shape index (κ3) is 1.79. The van der Waals surface area contributed by atoms with Gasteiger partial charge in [-0.2, -0.15) is 5.10 Å². The summed E-state index contributed by atoms with van der Waals surface area (Å²) in [6.45, 7) is 2.33. The SMILES string of the molecule is Cc1nn(C)c(Cn2ccn(C3CC3)c2=O)c1Cl. The van der Waals surface area contributed by atoms with Crippen LogP contribution in [0.25, 0.3) is 0 Å².